The molecule has 1 aliphatic heterocycles. The normalized spacial score (nSPS) is 17.3. The van der Waals surface area contributed by atoms with E-state index in [0.29, 0.717) is 11.1 Å². The Hall–Kier alpha value is -2.90. The third-order valence-corrected chi connectivity index (χ3v) is 5.39. The summed E-state index contributed by atoms with van der Waals surface area (Å²) in [6, 6.07) is 0.403. The van der Waals surface area contributed by atoms with Crippen LogP contribution in [0.15, 0.2) is 64.8 Å². The van der Waals surface area contributed by atoms with Gasteiger partial charge in [-0.2, -0.15) is 0 Å². The van der Waals surface area contributed by atoms with E-state index in [1.165, 1.54) is 34.9 Å². The first kappa shape index (κ1) is 24.4. The van der Waals surface area contributed by atoms with Gasteiger partial charge in [0.15, 0.2) is 11.5 Å². The van der Waals surface area contributed by atoms with Crippen LogP contribution in [0.5, 0.6) is 0 Å². The fourth-order valence-corrected chi connectivity index (χ4v) is 3.63. The summed E-state index contributed by atoms with van der Waals surface area (Å²) in [5.74, 6) is -2.22. The number of ketones is 1. The number of amides is 1. The Kier molecular flexibility index (Phi) is 7.81. The minimum absolute atomic E-state index is 0.0261. The maximum Gasteiger partial charge on any atom is 0.294 e. The highest BCUT2D eigenvalue weighted by atomic mass is 35.5. The summed E-state index contributed by atoms with van der Waals surface area (Å²) in [4.78, 5) is 39.8. The molecule has 1 unspecified atom stereocenters. The lowest BCUT2D eigenvalue weighted by atomic mass is 9.89. The third kappa shape index (κ3) is 4.57. The van der Waals surface area contributed by atoms with E-state index in [-0.39, 0.29) is 35.2 Å². The van der Waals surface area contributed by atoms with Crippen molar-refractivity contribution in [3.63, 3.8) is 0 Å². The smallest absolute Gasteiger partial charge is 0.294 e. The molecule has 0 spiro atoms. The molecule has 1 atom stereocenters. The van der Waals surface area contributed by atoms with Crippen LogP contribution < -0.4 is 10.5 Å². The van der Waals surface area contributed by atoms with Gasteiger partial charge in [0, 0.05) is 25.8 Å². The number of anilines is 1. The van der Waals surface area contributed by atoms with E-state index in [1.807, 2.05) is 0 Å². The summed E-state index contributed by atoms with van der Waals surface area (Å²) in [7, 11) is 1.50. The predicted molar refractivity (Wildman–Crippen MR) is 121 cm³/mol. The Bertz CT molecular complexity index is 1050. The second kappa shape index (κ2) is 9.94. The van der Waals surface area contributed by atoms with Crippen molar-refractivity contribution in [2.24, 2.45) is 5.92 Å². The number of pyridine rings is 1. The molecule has 1 aliphatic rings. The molecule has 0 aromatic carbocycles. The average molecular weight is 447 g/mol. The lowest BCUT2D eigenvalue weighted by molar-refractivity contribution is -0.119. The number of hydrogen-bond acceptors (Lipinski definition) is 5. The molecule has 0 saturated carbocycles. The molecule has 2 heterocycles. The zero-order valence-electron chi connectivity index (χ0n) is 18.1. The Balaban J connectivity index is 2.80. The number of nitrogens with zero attached hydrogens (tertiary/aromatic N) is 2. The highest BCUT2D eigenvalue weighted by Crippen LogP contribution is 2.37. The summed E-state index contributed by atoms with van der Waals surface area (Å²) >= 11 is 6.16. The molecular weight excluding hydrogens is 420 g/mol. The highest BCUT2D eigenvalue weighted by Gasteiger charge is 2.45. The Morgan fingerprint density at radius 3 is 2.48 bits per heavy atom. The number of aliphatic hydroxyl groups is 1. The molecule has 7 nitrogen and oxygen atoms in total. The van der Waals surface area contributed by atoms with Crippen molar-refractivity contribution in [1.29, 1.82) is 0 Å². The number of carbonyl (C=O) groups is 2. The summed E-state index contributed by atoms with van der Waals surface area (Å²) in [5, 5.41) is 10.6. The molecule has 2 rings (SSSR count). The quantitative estimate of drug-likeness (QED) is 0.585. The lowest BCUT2D eigenvalue weighted by Crippen LogP contribution is -2.40. The summed E-state index contributed by atoms with van der Waals surface area (Å²) in [6.07, 6.45) is 4.56. The van der Waals surface area contributed by atoms with Crippen LogP contribution >= 0.6 is 11.6 Å². The van der Waals surface area contributed by atoms with Crippen LogP contribution in [0.3, 0.4) is 0 Å². The van der Waals surface area contributed by atoms with Crippen LogP contribution in [-0.2, 0) is 20.9 Å². The Labute approximate surface area is 186 Å². The molecule has 0 fully saturated rings. The monoisotopic (exact) mass is 446 g/mol. The number of carbonyl (C=O) groups excluding carboxylic acids is 2. The first-order valence-corrected chi connectivity index (χ1v) is 10.1. The number of rotatable bonds is 9. The van der Waals surface area contributed by atoms with Crippen molar-refractivity contribution in [3.05, 3.63) is 75.4 Å². The molecular formula is C23H27ClN2O5. The number of hydrogen-bond donors (Lipinski definition) is 1. The molecule has 1 amide bonds. The van der Waals surface area contributed by atoms with Crippen molar-refractivity contribution in [3.8, 4) is 0 Å². The molecule has 166 valence electrons. The van der Waals surface area contributed by atoms with Gasteiger partial charge in [0.2, 0.25) is 0 Å². The van der Waals surface area contributed by atoms with Gasteiger partial charge in [0.25, 0.3) is 11.5 Å². The van der Waals surface area contributed by atoms with E-state index < -0.39 is 29.2 Å². The number of aromatic nitrogens is 1. The van der Waals surface area contributed by atoms with Crippen molar-refractivity contribution >= 4 is 29.0 Å². The fraction of sp³-hybridized carbons (Fsp3) is 0.348. The number of halogens is 1. The van der Waals surface area contributed by atoms with Crippen molar-refractivity contribution in [2.75, 3.05) is 18.6 Å². The van der Waals surface area contributed by atoms with Crippen LogP contribution in [0.1, 0.15) is 20.8 Å². The van der Waals surface area contributed by atoms with Gasteiger partial charge >= 0.3 is 0 Å². The summed E-state index contributed by atoms with van der Waals surface area (Å²) in [5.41, 5.74) is 0.998. The minimum Gasteiger partial charge on any atom is -0.503 e. The van der Waals surface area contributed by atoms with Crippen LogP contribution in [0.4, 0.5) is 5.69 Å². The zero-order chi connectivity index (χ0) is 23.5. The Morgan fingerprint density at radius 2 is 1.97 bits per heavy atom. The van der Waals surface area contributed by atoms with Crippen LogP contribution in [-0.4, -0.2) is 41.1 Å². The van der Waals surface area contributed by atoms with Crippen LogP contribution in [0.25, 0.3) is 0 Å². The van der Waals surface area contributed by atoms with E-state index >= 15 is 0 Å². The maximum atomic E-state index is 13.1. The van der Waals surface area contributed by atoms with Gasteiger partial charge < -0.3 is 14.4 Å². The molecule has 1 aromatic heterocycles. The Morgan fingerprint density at radius 1 is 1.32 bits per heavy atom. The van der Waals surface area contributed by atoms with Crippen molar-refractivity contribution in [1.82, 2.24) is 4.57 Å². The molecule has 8 heteroatoms. The molecule has 0 radical (unpaired) electrons. The lowest BCUT2D eigenvalue weighted by Gasteiger charge is -2.29. The summed E-state index contributed by atoms with van der Waals surface area (Å²) in [6.45, 7) is 13.2. The van der Waals surface area contributed by atoms with Crippen molar-refractivity contribution < 1.29 is 19.4 Å². The topological polar surface area (TPSA) is 88.8 Å². The molecule has 31 heavy (non-hydrogen) atoms. The molecule has 0 aliphatic carbocycles. The van der Waals surface area contributed by atoms with E-state index in [2.05, 4.69) is 13.2 Å². The number of ether oxygens (including phenoxy) is 1. The third-order valence-electron chi connectivity index (χ3n) is 5.12. The fourth-order valence-electron chi connectivity index (χ4n) is 3.41. The second-order valence-corrected chi connectivity index (χ2v) is 7.85. The average Bonchev–Trinajstić information content (AvgIpc) is 2.99. The van der Waals surface area contributed by atoms with E-state index in [0.717, 1.165) is 0 Å². The van der Waals surface area contributed by atoms with E-state index in [4.69, 9.17) is 16.3 Å². The number of aliphatic hydroxyl groups excluding tert-OH is 1. The van der Waals surface area contributed by atoms with Gasteiger partial charge in [-0.15, -0.1) is 0 Å². The van der Waals surface area contributed by atoms with Gasteiger partial charge in [0.05, 0.1) is 23.9 Å². The SMILES string of the molecule is C=C/C(C)=C(\C=C)C1C(C(=O)C(C)C)=C(O)C(=O)N1c1cc(Cl)c(=O)n(CCOC)c1. The van der Waals surface area contributed by atoms with Crippen LogP contribution in [0.2, 0.25) is 5.02 Å². The largest absolute Gasteiger partial charge is 0.503 e. The number of Topliss-reactive ketones (excluding diaryl/α,β-unsaturated/α-hetero) is 1. The summed E-state index contributed by atoms with van der Waals surface area (Å²) < 4.78 is 6.36. The van der Waals surface area contributed by atoms with Gasteiger partial charge in [-0.25, -0.2) is 0 Å². The second-order valence-electron chi connectivity index (χ2n) is 7.44. The minimum atomic E-state index is -0.942. The zero-order valence-corrected chi connectivity index (χ0v) is 18.9. The molecule has 1 N–H and O–H groups in total. The predicted octanol–water partition coefficient (Wildman–Crippen LogP) is 3.59. The molecule has 0 saturated heterocycles. The van der Waals surface area contributed by atoms with Gasteiger partial charge in [-0.3, -0.25) is 19.3 Å². The van der Waals surface area contributed by atoms with E-state index in [1.54, 1.807) is 26.8 Å². The highest BCUT2D eigenvalue weighted by molar-refractivity contribution is 6.30. The first-order valence-electron chi connectivity index (χ1n) is 9.76. The van der Waals surface area contributed by atoms with Crippen LogP contribution in [0, 0.1) is 5.92 Å². The van der Waals surface area contributed by atoms with Gasteiger partial charge in [-0.1, -0.05) is 50.8 Å². The van der Waals surface area contributed by atoms with E-state index in [9.17, 15) is 19.5 Å². The first-order chi connectivity index (χ1) is 14.6. The molecule has 0 bridgehead atoms. The maximum absolute atomic E-state index is 13.1. The van der Waals surface area contributed by atoms with Crippen molar-refractivity contribution in [2.45, 2.75) is 33.4 Å². The van der Waals surface area contributed by atoms with Gasteiger partial charge in [0.1, 0.15) is 5.02 Å². The number of allylic oxidation sites excluding steroid dienone is 2. The standard InChI is InChI=1S/C23H27ClN2O5/c1-7-14(5)16(8-2)19-18(20(27)13(3)4)21(28)23(30)26(19)15-11-17(24)22(29)25(12-15)9-10-31-6/h7-8,11-13,19,28H,1-2,9-10H2,3-6H3/b16-14+. The van der Waals surface area contributed by atoms with Gasteiger partial charge in [-0.05, 0) is 24.1 Å². The molecule has 1 aromatic rings. The number of methoxy groups -OCH3 is 1.